The molecule has 1 atom stereocenters. The maximum atomic E-state index is 12.4. The molecule has 1 aliphatic rings. The third kappa shape index (κ3) is 5.66. The molecule has 10 nitrogen and oxygen atoms in total. The van der Waals surface area contributed by atoms with E-state index in [1.165, 1.54) is 10.9 Å². The van der Waals surface area contributed by atoms with E-state index in [-0.39, 0.29) is 19.7 Å². The summed E-state index contributed by atoms with van der Waals surface area (Å²) in [7, 11) is 0. The van der Waals surface area contributed by atoms with Gasteiger partial charge in [0.2, 0.25) is 5.95 Å². The maximum Gasteiger partial charge on any atom is 0.411 e. The van der Waals surface area contributed by atoms with E-state index in [4.69, 9.17) is 4.74 Å². The molecule has 4 heterocycles. The predicted molar refractivity (Wildman–Crippen MR) is 112 cm³/mol. The third-order valence-corrected chi connectivity index (χ3v) is 5.15. The Kier molecular flexibility index (Phi) is 6.58. The lowest BCUT2D eigenvalue weighted by atomic mass is 9.99. The highest BCUT2D eigenvalue weighted by Crippen LogP contribution is 2.28. The van der Waals surface area contributed by atoms with Gasteiger partial charge in [-0.3, -0.25) is 9.48 Å². The Balaban J connectivity index is 1.64. The number of carbonyl (C=O) groups is 1. The van der Waals surface area contributed by atoms with Crippen molar-refractivity contribution in [3.63, 3.8) is 0 Å². The number of rotatable bonds is 8. The number of hydrogen-bond donors (Lipinski definition) is 2. The Labute approximate surface area is 186 Å². The smallest absolute Gasteiger partial charge is 0.411 e. The molecule has 176 valence electrons. The molecule has 1 aliphatic heterocycles. The van der Waals surface area contributed by atoms with Gasteiger partial charge in [-0.15, -0.1) is 0 Å². The van der Waals surface area contributed by atoms with E-state index in [0.29, 0.717) is 48.0 Å². The van der Waals surface area contributed by atoms with Gasteiger partial charge in [0.1, 0.15) is 23.5 Å². The van der Waals surface area contributed by atoms with Crippen molar-refractivity contribution in [2.75, 3.05) is 36.5 Å². The SMILES string of the molecule is O=C(O)[C@@H]1CCCN(c2nc(Nc3ccccn3)c3c(cnn3CCOCC(F)(F)F)n2)C1. The summed E-state index contributed by atoms with van der Waals surface area (Å²) in [4.78, 5) is 26.6. The minimum atomic E-state index is -4.40. The lowest BCUT2D eigenvalue weighted by molar-refractivity contribution is -0.174. The lowest BCUT2D eigenvalue weighted by Gasteiger charge is -2.30. The van der Waals surface area contributed by atoms with Gasteiger partial charge in [0.25, 0.3) is 0 Å². The van der Waals surface area contributed by atoms with E-state index in [9.17, 15) is 23.1 Å². The predicted octanol–water partition coefficient (Wildman–Crippen LogP) is 2.84. The molecule has 3 aromatic rings. The molecular weight excluding hydrogens is 443 g/mol. The number of hydrogen-bond acceptors (Lipinski definition) is 8. The zero-order valence-corrected chi connectivity index (χ0v) is 17.5. The summed E-state index contributed by atoms with van der Waals surface area (Å²) in [6.07, 6.45) is -0.0310. The van der Waals surface area contributed by atoms with Crippen LogP contribution in [0.5, 0.6) is 0 Å². The number of carboxylic acid groups (broad SMARTS) is 1. The van der Waals surface area contributed by atoms with Gasteiger partial charge >= 0.3 is 12.1 Å². The van der Waals surface area contributed by atoms with Gasteiger partial charge in [-0.05, 0) is 25.0 Å². The highest BCUT2D eigenvalue weighted by atomic mass is 19.4. The molecule has 1 fully saturated rings. The number of nitrogens with zero attached hydrogens (tertiary/aromatic N) is 6. The van der Waals surface area contributed by atoms with Crippen LogP contribution in [0.4, 0.5) is 30.8 Å². The molecule has 3 aromatic heterocycles. The van der Waals surface area contributed by atoms with Gasteiger partial charge in [-0.25, -0.2) is 9.97 Å². The number of aliphatic carboxylic acids is 1. The molecule has 0 saturated carbocycles. The van der Waals surface area contributed by atoms with Crippen molar-refractivity contribution >= 4 is 34.6 Å². The van der Waals surface area contributed by atoms with Crippen LogP contribution in [0.2, 0.25) is 0 Å². The van der Waals surface area contributed by atoms with E-state index in [0.717, 1.165) is 0 Å². The fourth-order valence-electron chi connectivity index (χ4n) is 3.64. The second-order valence-corrected chi connectivity index (χ2v) is 7.60. The van der Waals surface area contributed by atoms with Crippen LogP contribution in [-0.2, 0) is 16.1 Å². The fraction of sp³-hybridized carbons (Fsp3) is 0.450. The number of alkyl halides is 3. The van der Waals surface area contributed by atoms with E-state index >= 15 is 0 Å². The first-order valence-corrected chi connectivity index (χ1v) is 10.3. The number of anilines is 3. The van der Waals surface area contributed by atoms with Crippen LogP contribution < -0.4 is 10.2 Å². The van der Waals surface area contributed by atoms with Crippen molar-refractivity contribution in [3.05, 3.63) is 30.6 Å². The Bertz CT molecular complexity index is 1110. The topological polar surface area (TPSA) is 118 Å². The molecule has 0 amide bonds. The molecule has 0 aliphatic carbocycles. The average Bonchev–Trinajstić information content (AvgIpc) is 3.20. The number of fused-ring (bicyclic) bond motifs is 1. The summed E-state index contributed by atoms with van der Waals surface area (Å²) in [6.45, 7) is -0.593. The zero-order valence-electron chi connectivity index (χ0n) is 17.5. The quantitative estimate of drug-likeness (QED) is 0.484. The van der Waals surface area contributed by atoms with Crippen LogP contribution in [0.1, 0.15) is 12.8 Å². The van der Waals surface area contributed by atoms with E-state index in [1.807, 2.05) is 4.90 Å². The molecule has 0 unspecified atom stereocenters. The molecule has 0 aromatic carbocycles. The number of nitrogens with one attached hydrogen (secondary N) is 1. The molecule has 0 radical (unpaired) electrons. The molecule has 33 heavy (non-hydrogen) atoms. The van der Waals surface area contributed by atoms with Crippen molar-refractivity contribution in [3.8, 4) is 0 Å². The van der Waals surface area contributed by atoms with E-state index in [2.05, 4.69) is 25.4 Å². The second-order valence-electron chi connectivity index (χ2n) is 7.60. The summed E-state index contributed by atoms with van der Waals surface area (Å²) in [5, 5.41) is 16.8. The number of aromatic nitrogens is 5. The zero-order chi connectivity index (χ0) is 23.4. The monoisotopic (exact) mass is 465 g/mol. The summed E-state index contributed by atoms with van der Waals surface area (Å²) in [6, 6.07) is 5.29. The van der Waals surface area contributed by atoms with Crippen LogP contribution >= 0.6 is 0 Å². The summed E-state index contributed by atoms with van der Waals surface area (Å²) in [5.41, 5.74) is 0.943. The first-order valence-electron chi connectivity index (χ1n) is 10.3. The molecular formula is C20H22F3N7O3. The average molecular weight is 465 g/mol. The number of pyridine rings is 1. The maximum absolute atomic E-state index is 12.4. The van der Waals surface area contributed by atoms with Gasteiger partial charge in [0, 0.05) is 19.3 Å². The van der Waals surface area contributed by atoms with E-state index in [1.54, 1.807) is 24.4 Å². The highest BCUT2D eigenvalue weighted by Gasteiger charge is 2.29. The van der Waals surface area contributed by atoms with Crippen molar-refractivity contribution in [1.29, 1.82) is 0 Å². The van der Waals surface area contributed by atoms with Crippen molar-refractivity contribution < 1.29 is 27.8 Å². The molecule has 4 rings (SSSR count). The third-order valence-electron chi connectivity index (χ3n) is 5.15. The lowest BCUT2D eigenvalue weighted by Crippen LogP contribution is -2.39. The highest BCUT2D eigenvalue weighted by molar-refractivity contribution is 5.88. The molecule has 13 heteroatoms. The molecule has 1 saturated heterocycles. The van der Waals surface area contributed by atoms with Crippen LogP contribution in [0, 0.1) is 5.92 Å². The fourth-order valence-corrected chi connectivity index (χ4v) is 3.64. The Morgan fingerprint density at radius 2 is 2.15 bits per heavy atom. The summed E-state index contributed by atoms with van der Waals surface area (Å²) in [5.74, 6) is -0.163. The molecule has 0 bridgehead atoms. The summed E-state index contributed by atoms with van der Waals surface area (Å²) < 4.78 is 43.2. The van der Waals surface area contributed by atoms with Crippen LogP contribution in [0.25, 0.3) is 11.0 Å². The normalized spacial score (nSPS) is 16.8. The summed E-state index contributed by atoms with van der Waals surface area (Å²) >= 11 is 0. The van der Waals surface area contributed by atoms with Gasteiger partial charge < -0.3 is 20.1 Å². The minimum absolute atomic E-state index is 0.0595. The van der Waals surface area contributed by atoms with E-state index < -0.39 is 24.7 Å². The Hall–Kier alpha value is -3.48. The van der Waals surface area contributed by atoms with Gasteiger partial charge in [-0.2, -0.15) is 23.3 Å². The van der Waals surface area contributed by atoms with Crippen LogP contribution in [0.15, 0.2) is 30.6 Å². The van der Waals surface area contributed by atoms with Crippen LogP contribution in [-0.4, -0.2) is 68.3 Å². The largest absolute Gasteiger partial charge is 0.481 e. The van der Waals surface area contributed by atoms with Crippen molar-refractivity contribution in [2.24, 2.45) is 5.92 Å². The number of carboxylic acids is 1. The number of ether oxygens (including phenoxy) is 1. The minimum Gasteiger partial charge on any atom is -0.481 e. The second kappa shape index (κ2) is 9.57. The molecule has 2 N–H and O–H groups in total. The molecule has 0 spiro atoms. The van der Waals surface area contributed by atoms with Gasteiger partial charge in [0.15, 0.2) is 5.82 Å². The first kappa shape index (κ1) is 22.7. The number of halogens is 3. The Morgan fingerprint density at radius 3 is 2.88 bits per heavy atom. The number of piperidine rings is 1. The first-order chi connectivity index (χ1) is 15.8. The van der Waals surface area contributed by atoms with Gasteiger partial charge in [0.05, 0.1) is 25.3 Å². The van der Waals surface area contributed by atoms with Gasteiger partial charge in [-0.1, -0.05) is 6.07 Å². The van der Waals surface area contributed by atoms with Crippen molar-refractivity contribution in [2.45, 2.75) is 25.6 Å². The Morgan fingerprint density at radius 1 is 1.30 bits per heavy atom. The van der Waals surface area contributed by atoms with Crippen LogP contribution in [0.3, 0.4) is 0 Å². The van der Waals surface area contributed by atoms with Crippen molar-refractivity contribution in [1.82, 2.24) is 24.7 Å². The standard InChI is InChI=1S/C20H22F3N7O3/c21-20(22,23)12-33-9-8-30-16-14(10-25-30)26-19(29-7-3-4-13(11-29)18(31)32)28-17(16)27-15-5-1-2-6-24-15/h1-2,5-6,10,13H,3-4,7-9,11-12H2,(H,31,32)(H,24,26,27,28)/t13-/m1/s1.